The summed E-state index contributed by atoms with van der Waals surface area (Å²) in [6.07, 6.45) is 0.310. The molecule has 6 heteroatoms. The third-order valence-electron chi connectivity index (χ3n) is 4.93. The molecule has 0 fully saturated rings. The number of hydrogen-bond donors (Lipinski definition) is 1. The van der Waals surface area contributed by atoms with Crippen LogP contribution >= 0.6 is 11.8 Å². The van der Waals surface area contributed by atoms with Gasteiger partial charge in [0.25, 0.3) is 0 Å². The Labute approximate surface area is 180 Å². The van der Waals surface area contributed by atoms with Crippen molar-refractivity contribution in [3.05, 3.63) is 84.4 Å². The van der Waals surface area contributed by atoms with E-state index in [2.05, 4.69) is 5.32 Å². The Balaban J connectivity index is 1.58. The van der Waals surface area contributed by atoms with Crippen molar-refractivity contribution >= 4 is 35.0 Å². The number of methoxy groups -OCH3 is 1. The van der Waals surface area contributed by atoms with Crippen molar-refractivity contribution in [1.29, 1.82) is 0 Å². The summed E-state index contributed by atoms with van der Waals surface area (Å²) in [7, 11) is 1.63. The Morgan fingerprint density at radius 2 is 1.73 bits per heavy atom. The third kappa shape index (κ3) is 4.49. The van der Waals surface area contributed by atoms with Gasteiger partial charge < -0.3 is 15.0 Å². The Bertz CT molecular complexity index is 1040. The van der Waals surface area contributed by atoms with Crippen LogP contribution in [0.15, 0.2) is 83.8 Å². The normalized spacial score (nSPS) is 15.8. The summed E-state index contributed by atoms with van der Waals surface area (Å²) in [5, 5.41) is 2.83. The van der Waals surface area contributed by atoms with Crippen LogP contribution in [-0.4, -0.2) is 25.5 Å². The van der Waals surface area contributed by atoms with Crippen molar-refractivity contribution in [1.82, 2.24) is 0 Å². The first-order chi connectivity index (χ1) is 14.6. The summed E-state index contributed by atoms with van der Waals surface area (Å²) >= 11 is 1.65. The molecular formula is C24H22N2O3S. The van der Waals surface area contributed by atoms with Crippen LogP contribution in [0.25, 0.3) is 0 Å². The molecule has 0 bridgehead atoms. The molecular weight excluding hydrogens is 396 g/mol. The van der Waals surface area contributed by atoms with E-state index in [1.807, 2.05) is 78.9 Å². The topological polar surface area (TPSA) is 58.6 Å². The molecule has 1 N–H and O–H groups in total. The van der Waals surface area contributed by atoms with Crippen molar-refractivity contribution in [3.63, 3.8) is 0 Å². The quantitative estimate of drug-likeness (QED) is 0.640. The Morgan fingerprint density at radius 3 is 2.47 bits per heavy atom. The molecule has 0 radical (unpaired) electrons. The van der Waals surface area contributed by atoms with Gasteiger partial charge in [-0.2, -0.15) is 0 Å². The van der Waals surface area contributed by atoms with E-state index < -0.39 is 0 Å². The van der Waals surface area contributed by atoms with Gasteiger partial charge in [-0.05, 0) is 42.0 Å². The fourth-order valence-electron chi connectivity index (χ4n) is 3.42. The number of amides is 2. The Hall–Kier alpha value is -3.25. The first kappa shape index (κ1) is 20.0. The van der Waals surface area contributed by atoms with Crippen LogP contribution in [0.1, 0.15) is 17.2 Å². The van der Waals surface area contributed by atoms with E-state index in [1.165, 1.54) is 0 Å². The number of ether oxygens (including phenoxy) is 1. The molecule has 0 aromatic heterocycles. The van der Waals surface area contributed by atoms with E-state index in [1.54, 1.807) is 23.8 Å². The average molecular weight is 419 g/mol. The molecule has 30 heavy (non-hydrogen) atoms. The summed E-state index contributed by atoms with van der Waals surface area (Å²) < 4.78 is 5.24. The lowest BCUT2D eigenvalue weighted by Crippen LogP contribution is -2.38. The van der Waals surface area contributed by atoms with E-state index in [0.29, 0.717) is 12.1 Å². The lowest BCUT2D eigenvalue weighted by atomic mass is 10.1. The van der Waals surface area contributed by atoms with Gasteiger partial charge in [0.05, 0.1) is 12.8 Å². The smallest absolute Gasteiger partial charge is 0.244 e. The molecule has 1 atom stereocenters. The van der Waals surface area contributed by atoms with Crippen LogP contribution in [0.2, 0.25) is 0 Å². The van der Waals surface area contributed by atoms with Crippen LogP contribution < -0.4 is 15.0 Å². The largest absolute Gasteiger partial charge is 0.497 e. The Kier molecular flexibility index (Phi) is 6.05. The second-order valence-corrected chi connectivity index (χ2v) is 8.19. The fourth-order valence-corrected chi connectivity index (χ4v) is 4.70. The summed E-state index contributed by atoms with van der Waals surface area (Å²) in [6.45, 7) is -0.0271. The molecule has 0 spiro atoms. The fraction of sp³-hybridized carbons (Fsp3) is 0.167. The standard InChI is InChI=1S/C24H22N2O3S/c1-29-19-13-11-17(12-14-19)22-15-24(28)26(20-9-5-6-10-21(20)30-22)16-23(27)25-18-7-3-2-4-8-18/h2-14,22H,15-16H2,1H3,(H,25,27). The highest BCUT2D eigenvalue weighted by molar-refractivity contribution is 7.99. The molecule has 0 saturated heterocycles. The zero-order valence-electron chi connectivity index (χ0n) is 16.6. The van der Waals surface area contributed by atoms with E-state index >= 15 is 0 Å². The van der Waals surface area contributed by atoms with Crippen molar-refractivity contribution in [2.45, 2.75) is 16.6 Å². The zero-order valence-corrected chi connectivity index (χ0v) is 17.4. The number of rotatable bonds is 5. The van der Waals surface area contributed by atoms with Gasteiger partial charge in [0.2, 0.25) is 11.8 Å². The van der Waals surface area contributed by atoms with Crippen molar-refractivity contribution in [2.24, 2.45) is 0 Å². The number of thioether (sulfide) groups is 1. The molecule has 0 aliphatic carbocycles. The first-order valence-corrected chi connectivity index (χ1v) is 10.6. The van der Waals surface area contributed by atoms with Gasteiger partial charge >= 0.3 is 0 Å². The molecule has 1 unspecified atom stereocenters. The van der Waals surface area contributed by atoms with Crippen molar-refractivity contribution in [2.75, 3.05) is 23.9 Å². The lowest BCUT2D eigenvalue weighted by Gasteiger charge is -2.22. The van der Waals surface area contributed by atoms with Crippen LogP contribution in [0.5, 0.6) is 5.75 Å². The summed E-state index contributed by atoms with van der Waals surface area (Å²) in [4.78, 5) is 28.4. The van der Waals surface area contributed by atoms with Gasteiger partial charge in [0, 0.05) is 22.3 Å². The maximum absolute atomic E-state index is 13.2. The zero-order chi connectivity index (χ0) is 20.9. The van der Waals surface area contributed by atoms with Gasteiger partial charge in [-0.3, -0.25) is 9.59 Å². The van der Waals surface area contributed by atoms with Gasteiger partial charge in [-0.1, -0.05) is 42.5 Å². The number of nitrogens with zero attached hydrogens (tertiary/aromatic N) is 1. The molecule has 2 amide bonds. The van der Waals surface area contributed by atoms with Crippen LogP contribution in [0, 0.1) is 0 Å². The van der Waals surface area contributed by atoms with Gasteiger partial charge in [-0.25, -0.2) is 0 Å². The highest BCUT2D eigenvalue weighted by Crippen LogP contribution is 2.45. The van der Waals surface area contributed by atoms with E-state index in [9.17, 15) is 9.59 Å². The second kappa shape index (κ2) is 9.05. The number of para-hydroxylation sites is 2. The number of nitrogens with one attached hydrogen (secondary N) is 1. The van der Waals surface area contributed by atoms with Crippen molar-refractivity contribution in [3.8, 4) is 5.75 Å². The number of anilines is 2. The molecule has 1 aliphatic rings. The summed E-state index contributed by atoms with van der Waals surface area (Å²) in [5.74, 6) is 0.483. The number of benzene rings is 3. The minimum atomic E-state index is -0.225. The van der Waals surface area contributed by atoms with Gasteiger partial charge in [0.1, 0.15) is 12.3 Å². The molecule has 0 saturated carbocycles. The number of carbonyl (C=O) groups excluding carboxylic acids is 2. The van der Waals surface area contributed by atoms with E-state index in [0.717, 1.165) is 21.9 Å². The summed E-state index contributed by atoms with van der Waals surface area (Å²) in [5.41, 5.74) is 2.54. The number of carbonyl (C=O) groups is 2. The highest BCUT2D eigenvalue weighted by Gasteiger charge is 2.30. The molecule has 1 heterocycles. The second-order valence-electron chi connectivity index (χ2n) is 6.95. The predicted octanol–water partition coefficient (Wildman–Crippen LogP) is 4.90. The van der Waals surface area contributed by atoms with E-state index in [-0.39, 0.29) is 23.6 Å². The monoisotopic (exact) mass is 418 g/mol. The highest BCUT2D eigenvalue weighted by atomic mass is 32.2. The third-order valence-corrected chi connectivity index (χ3v) is 6.26. The maximum Gasteiger partial charge on any atom is 0.244 e. The van der Waals surface area contributed by atoms with Crippen LogP contribution in [0.4, 0.5) is 11.4 Å². The molecule has 1 aliphatic heterocycles. The molecule has 3 aromatic rings. The molecule has 152 valence electrons. The number of hydrogen-bond acceptors (Lipinski definition) is 4. The average Bonchev–Trinajstić information content (AvgIpc) is 2.91. The SMILES string of the molecule is COc1ccc(C2CC(=O)N(CC(=O)Nc3ccccc3)c3ccccc3S2)cc1. The first-order valence-electron chi connectivity index (χ1n) is 9.69. The lowest BCUT2D eigenvalue weighted by molar-refractivity contribution is -0.121. The molecule has 3 aromatic carbocycles. The number of fused-ring (bicyclic) bond motifs is 1. The predicted molar refractivity (Wildman–Crippen MR) is 120 cm³/mol. The van der Waals surface area contributed by atoms with Crippen LogP contribution in [0.3, 0.4) is 0 Å². The minimum Gasteiger partial charge on any atom is -0.497 e. The molecule has 5 nitrogen and oxygen atoms in total. The Morgan fingerprint density at radius 1 is 1.03 bits per heavy atom. The van der Waals surface area contributed by atoms with Crippen LogP contribution in [-0.2, 0) is 9.59 Å². The van der Waals surface area contributed by atoms with E-state index in [4.69, 9.17) is 4.74 Å². The van der Waals surface area contributed by atoms with Gasteiger partial charge in [-0.15, -0.1) is 11.8 Å². The maximum atomic E-state index is 13.2. The summed E-state index contributed by atoms with van der Waals surface area (Å²) in [6, 6.07) is 24.8. The van der Waals surface area contributed by atoms with Gasteiger partial charge in [0.15, 0.2) is 0 Å². The minimum absolute atomic E-state index is 0.0271. The van der Waals surface area contributed by atoms with Crippen molar-refractivity contribution < 1.29 is 14.3 Å². The molecule has 4 rings (SSSR count).